The molecule has 1 heterocycles. The number of anilines is 2. The van der Waals surface area contributed by atoms with Crippen molar-refractivity contribution in [1.82, 2.24) is 4.90 Å². The Morgan fingerprint density at radius 1 is 1.38 bits per heavy atom. The number of rotatable bonds is 1. The Morgan fingerprint density at radius 2 is 2.06 bits per heavy atom. The number of benzene rings is 1. The maximum Gasteiger partial charge on any atom is 0.321 e. The van der Waals surface area contributed by atoms with Gasteiger partial charge in [-0.25, -0.2) is 9.18 Å². The van der Waals surface area contributed by atoms with Gasteiger partial charge in [-0.1, -0.05) is 0 Å². The largest absolute Gasteiger partial charge is 0.399 e. The van der Waals surface area contributed by atoms with Crippen molar-refractivity contribution in [1.29, 1.82) is 0 Å². The van der Waals surface area contributed by atoms with E-state index in [1.807, 2.05) is 0 Å². The van der Waals surface area contributed by atoms with Crippen LogP contribution in [0, 0.1) is 5.82 Å². The molecule has 4 nitrogen and oxygen atoms in total. The molecule has 2 amide bonds. The van der Waals surface area contributed by atoms with Gasteiger partial charge >= 0.3 is 6.03 Å². The number of likely N-dealkylation sites (tertiary alicyclic amines) is 1. The number of hydrogen-bond acceptors (Lipinski definition) is 2. The first-order valence-corrected chi connectivity index (χ1v) is 5.28. The van der Waals surface area contributed by atoms with Gasteiger partial charge < -0.3 is 16.0 Å². The molecule has 1 fully saturated rings. The van der Waals surface area contributed by atoms with Crippen LogP contribution < -0.4 is 11.1 Å². The molecule has 86 valence electrons. The second-order valence-corrected chi connectivity index (χ2v) is 3.86. The monoisotopic (exact) mass is 223 g/mol. The van der Waals surface area contributed by atoms with Crippen LogP contribution in [0.25, 0.3) is 0 Å². The molecule has 0 aliphatic carbocycles. The first kappa shape index (κ1) is 10.7. The molecule has 1 aliphatic heterocycles. The lowest BCUT2D eigenvalue weighted by atomic mass is 10.2. The summed E-state index contributed by atoms with van der Waals surface area (Å²) in [4.78, 5) is 13.4. The number of nitrogens with two attached hydrogens (primary N) is 1. The van der Waals surface area contributed by atoms with Crippen LogP contribution in [0.15, 0.2) is 18.2 Å². The van der Waals surface area contributed by atoms with Crippen LogP contribution in [-0.2, 0) is 0 Å². The lowest BCUT2D eigenvalue weighted by Crippen LogP contribution is -2.32. The fraction of sp³-hybridized carbons (Fsp3) is 0.364. The normalized spacial score (nSPS) is 15.2. The van der Waals surface area contributed by atoms with Crippen LogP contribution in [0.1, 0.15) is 12.8 Å². The van der Waals surface area contributed by atoms with Crippen LogP contribution in [0.3, 0.4) is 0 Å². The van der Waals surface area contributed by atoms with E-state index in [9.17, 15) is 9.18 Å². The fourth-order valence-electron chi connectivity index (χ4n) is 1.75. The summed E-state index contributed by atoms with van der Waals surface area (Å²) in [6.07, 6.45) is 2.01. The van der Waals surface area contributed by atoms with Crippen molar-refractivity contribution < 1.29 is 9.18 Å². The Morgan fingerprint density at radius 3 is 2.75 bits per heavy atom. The van der Waals surface area contributed by atoms with E-state index in [1.54, 1.807) is 4.90 Å². The van der Waals surface area contributed by atoms with E-state index in [4.69, 9.17) is 5.73 Å². The average Bonchev–Trinajstić information content (AvgIpc) is 2.76. The van der Waals surface area contributed by atoms with E-state index in [0.29, 0.717) is 5.69 Å². The van der Waals surface area contributed by atoms with Gasteiger partial charge in [0.15, 0.2) is 0 Å². The van der Waals surface area contributed by atoms with Gasteiger partial charge in [-0.2, -0.15) is 0 Å². The van der Waals surface area contributed by atoms with Crippen molar-refractivity contribution in [3.05, 3.63) is 24.0 Å². The highest BCUT2D eigenvalue weighted by Gasteiger charge is 2.18. The summed E-state index contributed by atoms with van der Waals surface area (Å²) in [5.74, 6) is -0.471. The van der Waals surface area contributed by atoms with Crippen LogP contribution >= 0.6 is 0 Å². The summed E-state index contributed by atoms with van der Waals surface area (Å²) >= 11 is 0. The summed E-state index contributed by atoms with van der Waals surface area (Å²) in [6.45, 7) is 1.46. The van der Waals surface area contributed by atoms with Crippen molar-refractivity contribution in [2.75, 3.05) is 24.1 Å². The molecule has 0 saturated carbocycles. The minimum atomic E-state index is -0.471. The van der Waals surface area contributed by atoms with Crippen molar-refractivity contribution in [3.63, 3.8) is 0 Å². The molecule has 0 radical (unpaired) electrons. The smallest absolute Gasteiger partial charge is 0.321 e. The molecule has 1 aromatic carbocycles. The van der Waals surface area contributed by atoms with Gasteiger partial charge in [0.2, 0.25) is 0 Å². The van der Waals surface area contributed by atoms with Gasteiger partial charge in [-0.15, -0.1) is 0 Å². The maximum absolute atomic E-state index is 13.3. The molecule has 5 heteroatoms. The number of amides is 2. The number of nitrogen functional groups attached to an aromatic ring is 1. The first-order chi connectivity index (χ1) is 7.66. The number of carbonyl (C=O) groups is 1. The predicted molar refractivity (Wildman–Crippen MR) is 60.6 cm³/mol. The standard InChI is InChI=1S/C11H14FN3O/c12-9-4-3-8(13)7-10(9)14-11(16)15-5-1-2-6-15/h3-4,7H,1-2,5-6,13H2,(H,14,16). The average molecular weight is 223 g/mol. The highest BCUT2D eigenvalue weighted by Crippen LogP contribution is 2.18. The Hall–Kier alpha value is -1.78. The molecule has 0 atom stereocenters. The molecular formula is C11H14FN3O. The third-order valence-corrected chi connectivity index (χ3v) is 2.63. The van der Waals surface area contributed by atoms with Gasteiger partial charge in [0, 0.05) is 18.8 Å². The zero-order valence-electron chi connectivity index (χ0n) is 8.87. The lowest BCUT2D eigenvalue weighted by Gasteiger charge is -2.16. The third kappa shape index (κ3) is 2.24. The highest BCUT2D eigenvalue weighted by atomic mass is 19.1. The van der Waals surface area contributed by atoms with Gasteiger partial charge in [-0.05, 0) is 31.0 Å². The number of carbonyl (C=O) groups excluding carboxylic acids is 1. The van der Waals surface area contributed by atoms with E-state index in [0.717, 1.165) is 25.9 Å². The Labute approximate surface area is 93.2 Å². The molecule has 1 aliphatic rings. The second-order valence-electron chi connectivity index (χ2n) is 3.86. The number of nitrogens with one attached hydrogen (secondary N) is 1. The number of hydrogen-bond donors (Lipinski definition) is 2. The molecule has 0 bridgehead atoms. The second kappa shape index (κ2) is 4.38. The molecular weight excluding hydrogens is 209 g/mol. The lowest BCUT2D eigenvalue weighted by molar-refractivity contribution is 0.222. The maximum atomic E-state index is 13.3. The molecule has 2 rings (SSSR count). The topological polar surface area (TPSA) is 58.4 Å². The van der Waals surface area contributed by atoms with Gasteiger partial charge in [0.25, 0.3) is 0 Å². The van der Waals surface area contributed by atoms with Gasteiger partial charge in [0.1, 0.15) is 5.82 Å². The Kier molecular flexibility index (Phi) is 2.94. The summed E-state index contributed by atoms with van der Waals surface area (Å²) in [5, 5.41) is 2.52. The van der Waals surface area contributed by atoms with E-state index >= 15 is 0 Å². The number of urea groups is 1. The molecule has 3 N–H and O–H groups in total. The minimum Gasteiger partial charge on any atom is -0.399 e. The molecule has 0 aromatic heterocycles. The summed E-state index contributed by atoms with van der Waals surface area (Å²) in [6, 6.07) is 3.86. The number of nitrogens with zero attached hydrogens (tertiary/aromatic N) is 1. The molecule has 1 saturated heterocycles. The molecule has 0 spiro atoms. The van der Waals surface area contributed by atoms with Crippen LogP contribution in [-0.4, -0.2) is 24.0 Å². The summed E-state index contributed by atoms with van der Waals surface area (Å²) in [5.41, 5.74) is 6.09. The van der Waals surface area contributed by atoms with E-state index in [2.05, 4.69) is 5.32 Å². The molecule has 0 unspecified atom stereocenters. The number of halogens is 1. The first-order valence-electron chi connectivity index (χ1n) is 5.28. The Balaban J connectivity index is 2.07. The molecule has 16 heavy (non-hydrogen) atoms. The van der Waals surface area contributed by atoms with Crippen molar-refractivity contribution in [2.45, 2.75) is 12.8 Å². The quantitative estimate of drug-likeness (QED) is 0.716. The highest BCUT2D eigenvalue weighted by molar-refractivity contribution is 5.90. The minimum absolute atomic E-state index is 0.136. The molecule has 1 aromatic rings. The zero-order chi connectivity index (χ0) is 11.5. The van der Waals surface area contributed by atoms with E-state index in [-0.39, 0.29) is 11.7 Å². The van der Waals surface area contributed by atoms with Crippen LogP contribution in [0.4, 0.5) is 20.6 Å². The van der Waals surface area contributed by atoms with Crippen molar-refractivity contribution in [3.8, 4) is 0 Å². The van der Waals surface area contributed by atoms with Crippen LogP contribution in [0.2, 0.25) is 0 Å². The predicted octanol–water partition coefficient (Wildman–Crippen LogP) is 2.04. The fourth-order valence-corrected chi connectivity index (χ4v) is 1.75. The van der Waals surface area contributed by atoms with E-state index in [1.165, 1.54) is 18.2 Å². The third-order valence-electron chi connectivity index (χ3n) is 2.63. The van der Waals surface area contributed by atoms with E-state index < -0.39 is 5.82 Å². The Bertz CT molecular complexity index is 402. The van der Waals surface area contributed by atoms with Crippen molar-refractivity contribution >= 4 is 17.4 Å². The van der Waals surface area contributed by atoms with Crippen LogP contribution in [0.5, 0.6) is 0 Å². The van der Waals surface area contributed by atoms with Crippen molar-refractivity contribution in [2.24, 2.45) is 0 Å². The van der Waals surface area contributed by atoms with Gasteiger partial charge in [0.05, 0.1) is 5.69 Å². The summed E-state index contributed by atoms with van der Waals surface area (Å²) < 4.78 is 13.3. The van der Waals surface area contributed by atoms with Gasteiger partial charge in [-0.3, -0.25) is 0 Å². The summed E-state index contributed by atoms with van der Waals surface area (Å²) in [7, 11) is 0. The SMILES string of the molecule is Nc1ccc(F)c(NC(=O)N2CCCC2)c1. The zero-order valence-corrected chi connectivity index (χ0v) is 8.87.